The molecule has 1 saturated heterocycles. The van der Waals surface area contributed by atoms with Crippen molar-refractivity contribution in [2.75, 3.05) is 27.2 Å². The van der Waals surface area contributed by atoms with Crippen LogP contribution >= 0.6 is 0 Å². The van der Waals surface area contributed by atoms with Crippen LogP contribution in [0.1, 0.15) is 13.8 Å². The van der Waals surface area contributed by atoms with E-state index in [1.807, 2.05) is 0 Å². The highest BCUT2D eigenvalue weighted by atomic mass is 15.4. The maximum Gasteiger partial charge on any atom is 0.102 e. The molecule has 0 saturated carbocycles. The summed E-state index contributed by atoms with van der Waals surface area (Å²) >= 11 is 0. The second-order valence-corrected chi connectivity index (χ2v) is 3.17. The molecule has 2 nitrogen and oxygen atoms in total. The lowest BCUT2D eigenvalue weighted by molar-refractivity contribution is 0.415. The predicted octanol–water partition coefficient (Wildman–Crippen LogP) is 1.12. The molecule has 1 aliphatic rings. The lowest BCUT2D eigenvalue weighted by Gasteiger charge is -2.19. The van der Waals surface area contributed by atoms with Gasteiger partial charge in [0.2, 0.25) is 0 Å². The van der Waals surface area contributed by atoms with Gasteiger partial charge in [-0.1, -0.05) is 0 Å². The van der Waals surface area contributed by atoms with Crippen molar-refractivity contribution in [3.8, 4) is 0 Å². The number of rotatable bonds is 0. The fraction of sp³-hybridized carbons (Fsp3) is 0.750. The number of likely N-dealkylation sites (N-methyl/N-ethyl adjacent to an activating group) is 2. The molecule has 0 amide bonds. The minimum Gasteiger partial charge on any atom is -0.360 e. The first-order valence-corrected chi connectivity index (χ1v) is 3.72. The van der Waals surface area contributed by atoms with E-state index in [4.69, 9.17) is 0 Å². The van der Waals surface area contributed by atoms with Gasteiger partial charge in [-0.25, -0.2) is 0 Å². The van der Waals surface area contributed by atoms with E-state index in [0.29, 0.717) is 0 Å². The fourth-order valence-electron chi connectivity index (χ4n) is 1.57. The molecular weight excluding hydrogens is 124 g/mol. The van der Waals surface area contributed by atoms with Crippen LogP contribution in [0.5, 0.6) is 0 Å². The highest BCUT2D eigenvalue weighted by Gasteiger charge is 2.18. The molecule has 1 aliphatic heterocycles. The highest BCUT2D eigenvalue weighted by Crippen LogP contribution is 2.17. The van der Waals surface area contributed by atoms with Crippen LogP contribution in [0.3, 0.4) is 0 Å². The topological polar surface area (TPSA) is 6.48 Å². The Morgan fingerprint density at radius 1 is 1.10 bits per heavy atom. The summed E-state index contributed by atoms with van der Waals surface area (Å²) in [6, 6.07) is 0. The summed E-state index contributed by atoms with van der Waals surface area (Å²) in [6.07, 6.45) is 0. The minimum atomic E-state index is 1.16. The maximum atomic E-state index is 2.30. The van der Waals surface area contributed by atoms with Crippen molar-refractivity contribution in [3.63, 3.8) is 0 Å². The average Bonchev–Trinajstić information content (AvgIpc) is 2.11. The molecule has 58 valence electrons. The first kappa shape index (κ1) is 7.45. The van der Waals surface area contributed by atoms with E-state index in [1.54, 1.807) is 0 Å². The monoisotopic (exact) mass is 140 g/mol. The van der Waals surface area contributed by atoms with Crippen LogP contribution in [-0.4, -0.2) is 37.0 Å². The Morgan fingerprint density at radius 3 is 1.70 bits per heavy atom. The van der Waals surface area contributed by atoms with Crippen molar-refractivity contribution in [2.24, 2.45) is 0 Å². The second-order valence-electron chi connectivity index (χ2n) is 3.17. The van der Waals surface area contributed by atoms with Gasteiger partial charge in [0, 0.05) is 27.2 Å². The third kappa shape index (κ3) is 1.11. The largest absolute Gasteiger partial charge is 0.360 e. The van der Waals surface area contributed by atoms with Gasteiger partial charge in [-0.05, 0) is 19.4 Å². The summed E-state index contributed by atoms with van der Waals surface area (Å²) in [5, 5.41) is 0. The van der Waals surface area contributed by atoms with Crippen molar-refractivity contribution in [1.82, 2.24) is 9.80 Å². The number of nitrogens with zero attached hydrogens (tertiary/aromatic N) is 2. The molecule has 0 aromatic heterocycles. The van der Waals surface area contributed by atoms with E-state index in [9.17, 15) is 0 Å². The maximum absolute atomic E-state index is 2.30. The molecule has 1 fully saturated rings. The predicted molar refractivity (Wildman–Crippen MR) is 43.6 cm³/mol. The van der Waals surface area contributed by atoms with Crippen LogP contribution in [0.15, 0.2) is 11.4 Å². The Hall–Kier alpha value is -0.660. The molecule has 1 rings (SSSR count). The molecule has 0 unspecified atom stereocenters. The second kappa shape index (κ2) is 2.52. The van der Waals surface area contributed by atoms with Gasteiger partial charge in [0.05, 0.1) is 0 Å². The molecule has 0 radical (unpaired) electrons. The quantitative estimate of drug-likeness (QED) is 0.497. The third-order valence-corrected chi connectivity index (χ3v) is 1.94. The van der Waals surface area contributed by atoms with Crippen molar-refractivity contribution < 1.29 is 0 Å². The molecule has 0 spiro atoms. The lowest BCUT2D eigenvalue weighted by Crippen LogP contribution is -2.17. The van der Waals surface area contributed by atoms with Crippen molar-refractivity contribution >= 4 is 0 Å². The lowest BCUT2D eigenvalue weighted by atomic mass is 10.3. The van der Waals surface area contributed by atoms with Crippen molar-refractivity contribution in [1.29, 1.82) is 0 Å². The zero-order valence-electron chi connectivity index (χ0n) is 7.31. The summed E-state index contributed by atoms with van der Waals surface area (Å²) in [7, 11) is 4.29. The van der Waals surface area contributed by atoms with E-state index >= 15 is 0 Å². The molecule has 0 atom stereocenters. The van der Waals surface area contributed by atoms with Crippen LogP contribution in [-0.2, 0) is 0 Å². The Balaban J connectivity index is 2.82. The molecule has 0 N–H and O–H groups in total. The minimum absolute atomic E-state index is 1.16. The summed E-state index contributed by atoms with van der Waals surface area (Å²) in [5.41, 5.74) is 1.41. The third-order valence-electron chi connectivity index (χ3n) is 1.94. The summed E-state index contributed by atoms with van der Waals surface area (Å²) in [5.74, 6) is 1.39. The SMILES string of the molecule is CC(C)=C1N(C)CCN1C. The van der Waals surface area contributed by atoms with Gasteiger partial charge in [0.25, 0.3) is 0 Å². The Morgan fingerprint density at radius 2 is 1.50 bits per heavy atom. The molecule has 0 aromatic rings. The highest BCUT2D eigenvalue weighted by molar-refractivity contribution is 5.10. The molecular formula is C8H16N2. The first-order valence-electron chi connectivity index (χ1n) is 3.72. The Kier molecular flexibility index (Phi) is 1.88. The normalized spacial score (nSPS) is 18.6. The van der Waals surface area contributed by atoms with E-state index in [1.165, 1.54) is 11.4 Å². The van der Waals surface area contributed by atoms with Crippen LogP contribution in [0.2, 0.25) is 0 Å². The van der Waals surface area contributed by atoms with Gasteiger partial charge in [0.1, 0.15) is 5.82 Å². The Labute approximate surface area is 63.1 Å². The standard InChI is InChI=1S/C8H16N2/c1-7(2)8-9(3)5-6-10(8)4/h5-6H2,1-4H3. The van der Waals surface area contributed by atoms with Crippen LogP contribution in [0.4, 0.5) is 0 Å². The Bertz CT molecular complexity index is 145. The van der Waals surface area contributed by atoms with E-state index in [-0.39, 0.29) is 0 Å². The van der Waals surface area contributed by atoms with Crippen LogP contribution < -0.4 is 0 Å². The van der Waals surface area contributed by atoms with Gasteiger partial charge >= 0.3 is 0 Å². The number of hydrogen-bond acceptors (Lipinski definition) is 2. The first-order chi connectivity index (χ1) is 4.63. The average molecular weight is 140 g/mol. The molecule has 2 heteroatoms. The summed E-state index contributed by atoms with van der Waals surface area (Å²) in [6.45, 7) is 6.65. The zero-order chi connectivity index (χ0) is 7.72. The van der Waals surface area contributed by atoms with Crippen LogP contribution in [0.25, 0.3) is 0 Å². The van der Waals surface area contributed by atoms with E-state index in [2.05, 4.69) is 37.7 Å². The smallest absolute Gasteiger partial charge is 0.102 e. The van der Waals surface area contributed by atoms with Crippen molar-refractivity contribution in [2.45, 2.75) is 13.8 Å². The van der Waals surface area contributed by atoms with Gasteiger partial charge in [0.15, 0.2) is 0 Å². The number of hydrogen-bond donors (Lipinski definition) is 0. The van der Waals surface area contributed by atoms with Crippen molar-refractivity contribution in [3.05, 3.63) is 11.4 Å². The van der Waals surface area contributed by atoms with Crippen LogP contribution in [0, 0.1) is 0 Å². The molecule has 0 aromatic carbocycles. The summed E-state index contributed by atoms with van der Waals surface area (Å²) < 4.78 is 0. The molecule has 10 heavy (non-hydrogen) atoms. The molecule has 0 bridgehead atoms. The van der Waals surface area contributed by atoms with Gasteiger partial charge in [-0.2, -0.15) is 0 Å². The van der Waals surface area contributed by atoms with E-state index < -0.39 is 0 Å². The van der Waals surface area contributed by atoms with Gasteiger partial charge in [-0.15, -0.1) is 0 Å². The summed E-state index contributed by atoms with van der Waals surface area (Å²) in [4.78, 5) is 4.60. The van der Waals surface area contributed by atoms with E-state index in [0.717, 1.165) is 13.1 Å². The van der Waals surface area contributed by atoms with Gasteiger partial charge < -0.3 is 9.80 Å². The zero-order valence-corrected chi connectivity index (χ0v) is 7.31. The molecule has 1 heterocycles. The molecule has 0 aliphatic carbocycles. The van der Waals surface area contributed by atoms with Gasteiger partial charge in [-0.3, -0.25) is 0 Å². The number of allylic oxidation sites excluding steroid dienone is 1. The fourth-order valence-corrected chi connectivity index (χ4v) is 1.57.